The highest BCUT2D eigenvalue weighted by atomic mass is 16.3. The largest absolute Gasteiger partial charge is 0.461 e. The van der Waals surface area contributed by atoms with Crippen LogP contribution < -0.4 is 5.32 Å². The highest BCUT2D eigenvalue weighted by Gasteiger charge is 2.12. The van der Waals surface area contributed by atoms with E-state index >= 15 is 0 Å². The van der Waals surface area contributed by atoms with Gasteiger partial charge in [0.25, 0.3) is 5.95 Å². The first-order valence-corrected chi connectivity index (χ1v) is 6.25. The van der Waals surface area contributed by atoms with Crippen LogP contribution in [0.3, 0.4) is 0 Å². The minimum Gasteiger partial charge on any atom is -0.461 e. The summed E-state index contributed by atoms with van der Waals surface area (Å²) in [5.41, 5.74) is 0. The summed E-state index contributed by atoms with van der Waals surface area (Å²) >= 11 is 0. The van der Waals surface area contributed by atoms with Crippen molar-refractivity contribution in [2.75, 3.05) is 11.9 Å². The lowest BCUT2D eigenvalue weighted by molar-refractivity contribution is 0.576. The molecule has 0 atom stereocenters. The Morgan fingerprint density at radius 2 is 2.25 bits per heavy atom. The predicted octanol–water partition coefficient (Wildman–Crippen LogP) is 1.53. The van der Waals surface area contributed by atoms with E-state index in [1.54, 1.807) is 18.4 Å². The molecular formula is C12H13N7O. The molecule has 0 aromatic carbocycles. The minimum atomic E-state index is 0.391. The molecule has 3 heterocycles. The van der Waals surface area contributed by atoms with Gasteiger partial charge in [0.1, 0.15) is 12.7 Å². The summed E-state index contributed by atoms with van der Waals surface area (Å²) in [4.78, 5) is 16.9. The normalized spacial score (nSPS) is 10.7. The van der Waals surface area contributed by atoms with Crippen molar-refractivity contribution in [3.8, 4) is 17.5 Å². The lowest BCUT2D eigenvalue weighted by atomic mass is 10.4. The molecule has 8 heteroatoms. The van der Waals surface area contributed by atoms with Crippen LogP contribution in [-0.4, -0.2) is 36.3 Å². The average Bonchev–Trinajstić information content (AvgIpc) is 3.17. The number of rotatable bonds is 5. The van der Waals surface area contributed by atoms with E-state index in [0.29, 0.717) is 23.5 Å². The zero-order chi connectivity index (χ0) is 13.8. The molecule has 0 amide bonds. The number of aromatic nitrogens is 6. The van der Waals surface area contributed by atoms with Crippen molar-refractivity contribution in [2.45, 2.75) is 13.3 Å². The van der Waals surface area contributed by atoms with Crippen LogP contribution in [0.15, 0.2) is 35.5 Å². The molecule has 20 heavy (non-hydrogen) atoms. The minimum absolute atomic E-state index is 0.391. The molecule has 8 nitrogen and oxygen atoms in total. The van der Waals surface area contributed by atoms with E-state index in [4.69, 9.17) is 4.42 Å². The molecule has 0 saturated heterocycles. The van der Waals surface area contributed by atoms with Crippen molar-refractivity contribution >= 4 is 5.95 Å². The zero-order valence-corrected chi connectivity index (χ0v) is 10.9. The molecule has 3 aromatic rings. The van der Waals surface area contributed by atoms with Gasteiger partial charge < -0.3 is 9.73 Å². The fourth-order valence-electron chi connectivity index (χ4n) is 1.61. The molecule has 0 saturated carbocycles. The Balaban J connectivity index is 2.03. The molecule has 0 unspecified atom stereocenters. The topological polar surface area (TPSA) is 94.6 Å². The summed E-state index contributed by atoms with van der Waals surface area (Å²) in [6, 6.07) is 3.58. The van der Waals surface area contributed by atoms with Gasteiger partial charge in [-0.15, -0.1) is 0 Å². The second kappa shape index (κ2) is 5.47. The molecule has 0 spiro atoms. The molecule has 0 aliphatic rings. The van der Waals surface area contributed by atoms with Crippen molar-refractivity contribution in [3.63, 3.8) is 0 Å². The van der Waals surface area contributed by atoms with Crippen molar-refractivity contribution in [1.82, 2.24) is 29.7 Å². The molecule has 0 bridgehead atoms. The van der Waals surface area contributed by atoms with Crippen LogP contribution in [-0.2, 0) is 0 Å². The Kier molecular flexibility index (Phi) is 3.36. The summed E-state index contributed by atoms with van der Waals surface area (Å²) in [6.07, 6.45) is 5.51. The van der Waals surface area contributed by atoms with Crippen LogP contribution in [0.5, 0.6) is 0 Å². The van der Waals surface area contributed by atoms with E-state index in [9.17, 15) is 0 Å². The number of anilines is 1. The van der Waals surface area contributed by atoms with Crippen molar-refractivity contribution in [2.24, 2.45) is 0 Å². The number of hydrogen-bond acceptors (Lipinski definition) is 7. The van der Waals surface area contributed by atoms with Crippen molar-refractivity contribution < 1.29 is 4.42 Å². The van der Waals surface area contributed by atoms with Gasteiger partial charge in [-0.25, -0.2) is 4.98 Å². The van der Waals surface area contributed by atoms with E-state index in [2.05, 4.69) is 37.3 Å². The molecule has 0 aliphatic carbocycles. The van der Waals surface area contributed by atoms with Crippen LogP contribution in [0.25, 0.3) is 17.5 Å². The Morgan fingerprint density at radius 3 is 2.95 bits per heavy atom. The predicted molar refractivity (Wildman–Crippen MR) is 71.2 cm³/mol. The lowest BCUT2D eigenvalue weighted by Gasteiger charge is -2.06. The average molecular weight is 271 g/mol. The Labute approximate surface area is 114 Å². The monoisotopic (exact) mass is 271 g/mol. The van der Waals surface area contributed by atoms with E-state index in [1.165, 1.54) is 17.3 Å². The van der Waals surface area contributed by atoms with Crippen molar-refractivity contribution in [3.05, 3.63) is 31.1 Å². The Morgan fingerprint density at radius 1 is 1.30 bits per heavy atom. The molecule has 0 fully saturated rings. The fraction of sp³-hybridized carbons (Fsp3) is 0.250. The van der Waals surface area contributed by atoms with Gasteiger partial charge in [-0.05, 0) is 18.6 Å². The molecule has 1 N–H and O–H groups in total. The van der Waals surface area contributed by atoms with Crippen LogP contribution in [0, 0.1) is 0 Å². The van der Waals surface area contributed by atoms with Gasteiger partial charge in [-0.1, -0.05) is 6.92 Å². The molecule has 0 aliphatic heterocycles. The van der Waals surface area contributed by atoms with Gasteiger partial charge in [-0.2, -0.15) is 24.7 Å². The number of nitrogens with zero attached hydrogens (tertiary/aromatic N) is 6. The van der Waals surface area contributed by atoms with Gasteiger partial charge in [0, 0.05) is 6.54 Å². The van der Waals surface area contributed by atoms with Gasteiger partial charge >= 0.3 is 0 Å². The van der Waals surface area contributed by atoms with E-state index < -0.39 is 0 Å². The maximum absolute atomic E-state index is 5.33. The number of furan rings is 1. The third kappa shape index (κ3) is 2.48. The SMILES string of the molecule is CCCNc1nc(-c2ccco2)nc(-n2cncn2)n1. The Hall–Kier alpha value is -2.77. The molecule has 3 aromatic heterocycles. The van der Waals surface area contributed by atoms with Gasteiger partial charge in [0.2, 0.25) is 11.8 Å². The van der Waals surface area contributed by atoms with Crippen LogP contribution in [0.1, 0.15) is 13.3 Å². The zero-order valence-electron chi connectivity index (χ0n) is 10.9. The highest BCUT2D eigenvalue weighted by molar-refractivity contribution is 5.49. The summed E-state index contributed by atoms with van der Waals surface area (Å²) in [5.74, 6) is 1.91. The smallest absolute Gasteiger partial charge is 0.257 e. The van der Waals surface area contributed by atoms with Gasteiger partial charge in [-0.3, -0.25) is 0 Å². The summed E-state index contributed by atoms with van der Waals surface area (Å²) < 4.78 is 6.80. The second-order valence-electron chi connectivity index (χ2n) is 4.03. The molecular weight excluding hydrogens is 258 g/mol. The summed E-state index contributed by atoms with van der Waals surface area (Å²) in [5, 5.41) is 7.16. The van der Waals surface area contributed by atoms with Gasteiger partial charge in [0.15, 0.2) is 5.76 Å². The second-order valence-corrected chi connectivity index (χ2v) is 4.03. The van der Waals surface area contributed by atoms with Crippen molar-refractivity contribution in [1.29, 1.82) is 0 Å². The molecule has 0 radical (unpaired) electrons. The summed E-state index contributed by atoms with van der Waals surface area (Å²) in [6.45, 7) is 2.85. The lowest BCUT2D eigenvalue weighted by Crippen LogP contribution is -2.10. The first-order chi connectivity index (χ1) is 9.86. The highest BCUT2D eigenvalue weighted by Crippen LogP contribution is 2.17. The van der Waals surface area contributed by atoms with E-state index in [-0.39, 0.29) is 0 Å². The maximum atomic E-state index is 5.33. The first-order valence-electron chi connectivity index (χ1n) is 6.25. The third-order valence-electron chi connectivity index (χ3n) is 2.52. The van der Waals surface area contributed by atoms with Crippen LogP contribution >= 0.6 is 0 Å². The molecule has 102 valence electrons. The molecule has 3 rings (SSSR count). The maximum Gasteiger partial charge on any atom is 0.257 e. The van der Waals surface area contributed by atoms with Crippen LogP contribution in [0.4, 0.5) is 5.95 Å². The van der Waals surface area contributed by atoms with Gasteiger partial charge in [0.05, 0.1) is 6.26 Å². The van der Waals surface area contributed by atoms with E-state index in [0.717, 1.165) is 13.0 Å². The quantitative estimate of drug-likeness (QED) is 0.751. The Bertz CT molecular complexity index is 611. The third-order valence-corrected chi connectivity index (χ3v) is 2.52. The van der Waals surface area contributed by atoms with E-state index in [1.807, 2.05) is 0 Å². The standard InChI is InChI=1S/C12H13N7O/c1-2-5-14-11-16-10(9-4-3-6-20-9)17-12(18-11)19-8-13-7-15-19/h3-4,6-8H,2,5H2,1H3,(H,14,16,17,18). The number of hydrogen-bond donors (Lipinski definition) is 1. The van der Waals surface area contributed by atoms with Crippen LogP contribution in [0.2, 0.25) is 0 Å². The number of nitrogens with one attached hydrogen (secondary N) is 1. The first kappa shape index (κ1) is 12.3. The fourth-order valence-corrected chi connectivity index (χ4v) is 1.61. The summed E-state index contributed by atoms with van der Waals surface area (Å²) in [7, 11) is 0.